The highest BCUT2D eigenvalue weighted by atomic mass is 35.5. The summed E-state index contributed by atoms with van der Waals surface area (Å²) >= 11 is 5.95. The standard InChI is InChI=1S/C17H17ClN4O4S/c1-9-13(8-14(23)24)10(2)22-17(20-9)15(16(19-3)21-22)27(25,26)12-6-4-5-11(18)7-12/h4-7H,8H2,1-3H3,(H,19,21)(H,23,24). The van der Waals surface area contributed by atoms with E-state index >= 15 is 0 Å². The highest BCUT2D eigenvalue weighted by molar-refractivity contribution is 7.91. The van der Waals surface area contributed by atoms with E-state index in [1.54, 1.807) is 33.0 Å². The molecule has 0 aliphatic heterocycles. The summed E-state index contributed by atoms with van der Waals surface area (Å²) < 4.78 is 27.8. The van der Waals surface area contributed by atoms with Crippen LogP contribution in [0.15, 0.2) is 34.1 Å². The van der Waals surface area contributed by atoms with Crippen LogP contribution in [0.25, 0.3) is 5.65 Å². The van der Waals surface area contributed by atoms with Gasteiger partial charge in [-0.15, -0.1) is 5.10 Å². The number of halogens is 1. The topological polar surface area (TPSA) is 114 Å². The van der Waals surface area contributed by atoms with E-state index in [-0.39, 0.29) is 27.7 Å². The number of rotatable bonds is 5. The SMILES string of the molecule is CNc1nn2c(C)c(CC(=O)O)c(C)nc2c1S(=O)(=O)c1cccc(Cl)c1. The lowest BCUT2D eigenvalue weighted by Crippen LogP contribution is -2.11. The predicted octanol–water partition coefficient (Wildman–Crippen LogP) is 2.50. The highest BCUT2D eigenvalue weighted by Gasteiger charge is 2.30. The number of aromatic nitrogens is 3. The Balaban J connectivity index is 2.35. The van der Waals surface area contributed by atoms with E-state index in [1.807, 2.05) is 0 Å². The van der Waals surface area contributed by atoms with Gasteiger partial charge in [-0.3, -0.25) is 4.79 Å². The zero-order valence-corrected chi connectivity index (χ0v) is 16.4. The average molecular weight is 409 g/mol. The molecule has 0 aliphatic rings. The van der Waals surface area contributed by atoms with Gasteiger partial charge in [0.05, 0.1) is 11.3 Å². The second kappa shape index (κ2) is 6.82. The maximum Gasteiger partial charge on any atom is 0.307 e. The third-order valence-electron chi connectivity index (χ3n) is 4.22. The van der Waals surface area contributed by atoms with Crippen molar-refractivity contribution in [1.82, 2.24) is 14.6 Å². The Bertz CT molecular complexity index is 1170. The first-order valence-electron chi connectivity index (χ1n) is 7.95. The van der Waals surface area contributed by atoms with Crippen LogP contribution in [0.5, 0.6) is 0 Å². The molecule has 10 heteroatoms. The molecule has 3 rings (SSSR count). The number of sulfone groups is 1. The van der Waals surface area contributed by atoms with E-state index < -0.39 is 15.8 Å². The number of carboxylic acid groups (broad SMARTS) is 1. The minimum absolute atomic E-state index is 0.0214. The van der Waals surface area contributed by atoms with E-state index in [0.29, 0.717) is 22.0 Å². The van der Waals surface area contributed by atoms with Gasteiger partial charge in [0.25, 0.3) is 0 Å². The van der Waals surface area contributed by atoms with Crippen LogP contribution in [0.4, 0.5) is 5.82 Å². The maximum atomic E-state index is 13.2. The molecule has 0 saturated carbocycles. The molecule has 0 amide bonds. The number of hydrogen-bond donors (Lipinski definition) is 2. The summed E-state index contributed by atoms with van der Waals surface area (Å²) in [4.78, 5) is 15.4. The Morgan fingerprint density at radius 2 is 2.04 bits per heavy atom. The molecular weight excluding hydrogens is 392 g/mol. The number of benzene rings is 1. The van der Waals surface area contributed by atoms with Gasteiger partial charge in [-0.1, -0.05) is 17.7 Å². The number of nitrogens with zero attached hydrogens (tertiary/aromatic N) is 3. The van der Waals surface area contributed by atoms with Gasteiger partial charge in [0.2, 0.25) is 9.84 Å². The van der Waals surface area contributed by atoms with Crippen molar-refractivity contribution in [2.75, 3.05) is 12.4 Å². The molecule has 1 aromatic carbocycles. The van der Waals surface area contributed by atoms with Crippen molar-refractivity contribution in [1.29, 1.82) is 0 Å². The van der Waals surface area contributed by atoms with E-state index in [0.717, 1.165) is 0 Å². The number of aliphatic carboxylic acids is 1. The first-order chi connectivity index (χ1) is 12.7. The quantitative estimate of drug-likeness (QED) is 0.666. The van der Waals surface area contributed by atoms with Gasteiger partial charge in [-0.25, -0.2) is 17.9 Å². The molecule has 2 N–H and O–H groups in total. The zero-order valence-electron chi connectivity index (χ0n) is 14.8. The van der Waals surface area contributed by atoms with Gasteiger partial charge in [-0.05, 0) is 32.0 Å². The van der Waals surface area contributed by atoms with Gasteiger partial charge < -0.3 is 10.4 Å². The molecule has 2 heterocycles. The van der Waals surface area contributed by atoms with Crippen LogP contribution in [0.3, 0.4) is 0 Å². The minimum Gasteiger partial charge on any atom is -0.481 e. The lowest BCUT2D eigenvalue weighted by atomic mass is 10.1. The van der Waals surface area contributed by atoms with Crippen LogP contribution < -0.4 is 5.32 Å². The lowest BCUT2D eigenvalue weighted by molar-refractivity contribution is -0.136. The average Bonchev–Trinajstić information content (AvgIpc) is 2.97. The van der Waals surface area contributed by atoms with Crippen molar-refractivity contribution in [3.63, 3.8) is 0 Å². The van der Waals surface area contributed by atoms with Crippen LogP contribution in [0, 0.1) is 13.8 Å². The van der Waals surface area contributed by atoms with E-state index in [9.17, 15) is 13.2 Å². The van der Waals surface area contributed by atoms with Gasteiger partial charge in [0, 0.05) is 29.0 Å². The third-order valence-corrected chi connectivity index (χ3v) is 6.25. The second-order valence-electron chi connectivity index (χ2n) is 5.96. The number of nitrogens with one attached hydrogen (secondary N) is 1. The molecule has 0 fully saturated rings. The van der Waals surface area contributed by atoms with Crippen molar-refractivity contribution in [3.8, 4) is 0 Å². The van der Waals surface area contributed by atoms with Crippen LogP contribution in [-0.2, 0) is 21.1 Å². The van der Waals surface area contributed by atoms with Gasteiger partial charge in [0.15, 0.2) is 16.4 Å². The Morgan fingerprint density at radius 1 is 1.33 bits per heavy atom. The Kier molecular flexibility index (Phi) is 4.83. The molecule has 3 aromatic rings. The highest BCUT2D eigenvalue weighted by Crippen LogP contribution is 2.32. The predicted molar refractivity (Wildman–Crippen MR) is 100 cm³/mol. The smallest absolute Gasteiger partial charge is 0.307 e. The van der Waals surface area contributed by atoms with E-state index in [4.69, 9.17) is 16.7 Å². The number of fused-ring (bicyclic) bond motifs is 1. The number of carbonyl (C=O) groups is 1. The van der Waals surface area contributed by atoms with Crippen molar-refractivity contribution < 1.29 is 18.3 Å². The number of aryl methyl sites for hydroxylation is 2. The van der Waals surface area contributed by atoms with Gasteiger partial charge in [-0.2, -0.15) is 0 Å². The molecule has 142 valence electrons. The number of hydrogen-bond acceptors (Lipinski definition) is 6. The molecule has 27 heavy (non-hydrogen) atoms. The Hall–Kier alpha value is -2.65. The Labute approximate surface area is 160 Å². The van der Waals surface area contributed by atoms with Crippen molar-refractivity contribution in [2.45, 2.75) is 30.1 Å². The number of carboxylic acids is 1. The van der Waals surface area contributed by atoms with Crippen molar-refractivity contribution in [3.05, 3.63) is 46.2 Å². The monoisotopic (exact) mass is 408 g/mol. The molecule has 0 spiro atoms. The molecule has 8 nitrogen and oxygen atoms in total. The molecule has 0 bridgehead atoms. The first-order valence-corrected chi connectivity index (χ1v) is 9.82. The fourth-order valence-electron chi connectivity index (χ4n) is 2.91. The van der Waals surface area contributed by atoms with Crippen molar-refractivity contribution in [2.24, 2.45) is 0 Å². The van der Waals surface area contributed by atoms with Gasteiger partial charge >= 0.3 is 5.97 Å². The summed E-state index contributed by atoms with van der Waals surface area (Å²) in [5.74, 6) is -0.882. The number of anilines is 1. The molecule has 0 saturated heterocycles. The van der Waals surface area contributed by atoms with E-state index in [1.165, 1.54) is 16.6 Å². The normalized spacial score (nSPS) is 11.7. The van der Waals surface area contributed by atoms with E-state index in [2.05, 4.69) is 15.4 Å². The summed E-state index contributed by atoms with van der Waals surface area (Å²) in [5, 5.41) is 16.5. The summed E-state index contributed by atoms with van der Waals surface area (Å²) in [7, 11) is -2.41. The molecule has 0 unspecified atom stereocenters. The molecule has 0 atom stereocenters. The Morgan fingerprint density at radius 3 is 2.63 bits per heavy atom. The molecule has 0 aliphatic carbocycles. The summed E-state index contributed by atoms with van der Waals surface area (Å²) in [6.45, 7) is 3.33. The fourth-order valence-corrected chi connectivity index (χ4v) is 4.71. The third kappa shape index (κ3) is 3.24. The largest absolute Gasteiger partial charge is 0.481 e. The second-order valence-corrected chi connectivity index (χ2v) is 8.28. The zero-order chi connectivity index (χ0) is 19.9. The summed E-state index contributed by atoms with van der Waals surface area (Å²) in [6.07, 6.45) is -0.230. The summed E-state index contributed by atoms with van der Waals surface area (Å²) in [6, 6.07) is 5.94. The fraction of sp³-hybridized carbons (Fsp3) is 0.235. The van der Waals surface area contributed by atoms with Crippen LogP contribution in [0.2, 0.25) is 5.02 Å². The van der Waals surface area contributed by atoms with Crippen LogP contribution >= 0.6 is 11.6 Å². The minimum atomic E-state index is -3.97. The van der Waals surface area contributed by atoms with Crippen LogP contribution in [0.1, 0.15) is 17.0 Å². The lowest BCUT2D eigenvalue weighted by Gasteiger charge is -2.10. The molecule has 0 radical (unpaired) electrons. The van der Waals surface area contributed by atoms with Crippen LogP contribution in [-0.4, -0.2) is 41.1 Å². The summed E-state index contributed by atoms with van der Waals surface area (Å²) in [5.41, 5.74) is 1.58. The molecule has 2 aromatic heterocycles. The van der Waals surface area contributed by atoms with Gasteiger partial charge in [0.1, 0.15) is 0 Å². The maximum absolute atomic E-state index is 13.2. The first kappa shape index (κ1) is 19.1. The molecular formula is C17H17ClN4O4S. The van der Waals surface area contributed by atoms with Crippen molar-refractivity contribution >= 4 is 38.9 Å².